The van der Waals surface area contributed by atoms with Crippen molar-refractivity contribution in [1.82, 2.24) is 15.1 Å². The summed E-state index contributed by atoms with van der Waals surface area (Å²) in [7, 11) is 1.84. The van der Waals surface area contributed by atoms with Gasteiger partial charge in [0.15, 0.2) is 0 Å². The second-order valence-corrected chi connectivity index (χ2v) is 6.20. The third kappa shape index (κ3) is 3.26. The predicted molar refractivity (Wildman–Crippen MR) is 79.0 cm³/mol. The van der Waals surface area contributed by atoms with Crippen molar-refractivity contribution in [2.24, 2.45) is 7.05 Å². The summed E-state index contributed by atoms with van der Waals surface area (Å²) in [6, 6.07) is 1.53. The van der Waals surface area contributed by atoms with E-state index in [-0.39, 0.29) is 18.9 Å². The quantitative estimate of drug-likeness (QED) is 0.897. The lowest BCUT2D eigenvalue weighted by Gasteiger charge is -2.19. The number of rotatable bonds is 3. The molecule has 0 aromatic carbocycles. The highest BCUT2D eigenvalue weighted by Crippen LogP contribution is 2.32. The van der Waals surface area contributed by atoms with E-state index in [0.29, 0.717) is 11.7 Å². The molecule has 3 rings (SSSR count). The molecule has 1 saturated carbocycles. The summed E-state index contributed by atoms with van der Waals surface area (Å²) in [5.74, 6) is 1.04. The molecule has 21 heavy (non-hydrogen) atoms. The van der Waals surface area contributed by atoms with Gasteiger partial charge in [0.05, 0.1) is 11.7 Å². The molecule has 2 heterocycles. The van der Waals surface area contributed by atoms with Crippen LogP contribution in [-0.2, 0) is 11.8 Å². The van der Waals surface area contributed by atoms with E-state index in [1.54, 1.807) is 4.68 Å². The highest BCUT2D eigenvalue weighted by molar-refractivity contribution is 5.94. The van der Waals surface area contributed by atoms with Crippen LogP contribution < -0.4 is 10.6 Å². The highest BCUT2D eigenvalue weighted by Gasteiger charge is 2.30. The van der Waals surface area contributed by atoms with Crippen LogP contribution in [0.1, 0.15) is 50.1 Å². The van der Waals surface area contributed by atoms with Crippen molar-refractivity contribution in [3.8, 4) is 0 Å². The molecule has 1 amide bonds. The molecule has 2 N–H and O–H groups in total. The topological polar surface area (TPSA) is 59.0 Å². The Bertz CT molecular complexity index is 510. The SMILES string of the molecule is Cn1nc(C2CCCCC2)cc1NC(=O)[C@H]1C[C@H](F)CN1. The second kappa shape index (κ2) is 6.13. The number of alkyl halides is 1. The van der Waals surface area contributed by atoms with E-state index >= 15 is 0 Å². The normalized spacial score (nSPS) is 27.0. The smallest absolute Gasteiger partial charge is 0.242 e. The fourth-order valence-electron chi connectivity index (χ4n) is 3.31. The summed E-state index contributed by atoms with van der Waals surface area (Å²) < 4.78 is 14.9. The van der Waals surface area contributed by atoms with Crippen LogP contribution in [0.4, 0.5) is 10.2 Å². The Hall–Kier alpha value is -1.43. The molecule has 1 aromatic rings. The maximum Gasteiger partial charge on any atom is 0.242 e. The number of amides is 1. The lowest BCUT2D eigenvalue weighted by molar-refractivity contribution is -0.117. The summed E-state index contributed by atoms with van der Waals surface area (Å²) >= 11 is 0. The van der Waals surface area contributed by atoms with Crippen LogP contribution >= 0.6 is 0 Å². The second-order valence-electron chi connectivity index (χ2n) is 6.20. The van der Waals surface area contributed by atoms with E-state index in [1.165, 1.54) is 32.1 Å². The molecule has 0 unspecified atom stereocenters. The molecule has 116 valence electrons. The Morgan fingerprint density at radius 3 is 2.86 bits per heavy atom. The van der Waals surface area contributed by atoms with Crippen molar-refractivity contribution in [3.05, 3.63) is 11.8 Å². The molecule has 5 nitrogen and oxygen atoms in total. The summed E-state index contributed by atoms with van der Waals surface area (Å²) in [5.41, 5.74) is 1.07. The largest absolute Gasteiger partial charge is 0.310 e. The molecule has 0 spiro atoms. The minimum absolute atomic E-state index is 0.173. The number of anilines is 1. The first kappa shape index (κ1) is 14.5. The Kier molecular flexibility index (Phi) is 4.24. The summed E-state index contributed by atoms with van der Waals surface area (Å²) in [4.78, 5) is 12.1. The number of aryl methyl sites for hydroxylation is 1. The first-order valence-corrected chi connectivity index (χ1v) is 7.85. The molecule has 2 atom stereocenters. The van der Waals surface area contributed by atoms with Crippen LogP contribution in [0.2, 0.25) is 0 Å². The molecule has 2 fully saturated rings. The molecule has 6 heteroatoms. The number of carbonyl (C=O) groups is 1. The van der Waals surface area contributed by atoms with Gasteiger partial charge in [-0.1, -0.05) is 19.3 Å². The number of aromatic nitrogens is 2. The van der Waals surface area contributed by atoms with Gasteiger partial charge in [0.1, 0.15) is 12.0 Å². The average Bonchev–Trinajstić information content (AvgIpc) is 3.07. The van der Waals surface area contributed by atoms with Crippen molar-refractivity contribution < 1.29 is 9.18 Å². The molecule has 1 aromatic heterocycles. The maximum atomic E-state index is 13.1. The fourth-order valence-corrected chi connectivity index (χ4v) is 3.31. The van der Waals surface area contributed by atoms with Gasteiger partial charge in [-0.05, 0) is 12.8 Å². The van der Waals surface area contributed by atoms with Gasteiger partial charge in [-0.2, -0.15) is 5.10 Å². The molecule has 0 radical (unpaired) electrons. The number of nitrogens with one attached hydrogen (secondary N) is 2. The molecule has 1 aliphatic heterocycles. The zero-order valence-electron chi connectivity index (χ0n) is 12.4. The van der Waals surface area contributed by atoms with E-state index in [2.05, 4.69) is 15.7 Å². The van der Waals surface area contributed by atoms with E-state index in [4.69, 9.17) is 0 Å². The van der Waals surface area contributed by atoms with E-state index in [1.807, 2.05) is 13.1 Å². The number of hydrogen-bond donors (Lipinski definition) is 2. The van der Waals surface area contributed by atoms with Crippen LogP contribution in [-0.4, -0.2) is 34.4 Å². The molecule has 1 saturated heterocycles. The molecule has 0 bridgehead atoms. The minimum Gasteiger partial charge on any atom is -0.310 e. The lowest BCUT2D eigenvalue weighted by Crippen LogP contribution is -2.35. The van der Waals surface area contributed by atoms with Crippen LogP contribution in [0.5, 0.6) is 0 Å². The average molecular weight is 294 g/mol. The van der Waals surface area contributed by atoms with Crippen molar-refractivity contribution in [2.75, 3.05) is 11.9 Å². The van der Waals surface area contributed by atoms with Crippen LogP contribution in [0.25, 0.3) is 0 Å². The van der Waals surface area contributed by atoms with Crippen LogP contribution in [0, 0.1) is 0 Å². The monoisotopic (exact) mass is 294 g/mol. The van der Waals surface area contributed by atoms with Crippen molar-refractivity contribution in [2.45, 2.75) is 56.7 Å². The summed E-state index contributed by atoms with van der Waals surface area (Å²) in [5, 5.41) is 10.3. The van der Waals surface area contributed by atoms with E-state index < -0.39 is 12.2 Å². The highest BCUT2D eigenvalue weighted by atomic mass is 19.1. The van der Waals surface area contributed by atoms with Gasteiger partial charge in [0, 0.05) is 32.0 Å². The number of carbonyl (C=O) groups excluding carboxylic acids is 1. The lowest BCUT2D eigenvalue weighted by atomic mass is 9.87. The predicted octanol–water partition coefficient (Wildman–Crippen LogP) is 2.11. The summed E-state index contributed by atoms with van der Waals surface area (Å²) in [6.45, 7) is 0.261. The van der Waals surface area contributed by atoms with Gasteiger partial charge in [-0.25, -0.2) is 4.39 Å². The third-order valence-electron chi connectivity index (χ3n) is 4.57. The van der Waals surface area contributed by atoms with Crippen LogP contribution in [0.15, 0.2) is 6.07 Å². The number of halogens is 1. The first-order chi connectivity index (χ1) is 10.1. The summed E-state index contributed by atoms with van der Waals surface area (Å²) in [6.07, 6.45) is 5.50. The van der Waals surface area contributed by atoms with Gasteiger partial charge >= 0.3 is 0 Å². The van der Waals surface area contributed by atoms with E-state index in [0.717, 1.165) is 5.69 Å². The standard InChI is InChI=1S/C15H23FN4O/c1-20-14(18-15(21)13-7-11(16)9-17-13)8-12(19-20)10-5-3-2-4-6-10/h8,10-11,13,17H,2-7,9H2,1H3,(H,18,21)/t11-,13+/m0/s1. The van der Waals surface area contributed by atoms with Gasteiger partial charge in [-0.3, -0.25) is 9.48 Å². The van der Waals surface area contributed by atoms with Crippen LogP contribution in [0.3, 0.4) is 0 Å². The fraction of sp³-hybridized carbons (Fsp3) is 0.733. The van der Waals surface area contributed by atoms with Gasteiger partial charge in [-0.15, -0.1) is 0 Å². The zero-order chi connectivity index (χ0) is 14.8. The van der Waals surface area contributed by atoms with Crippen molar-refractivity contribution in [3.63, 3.8) is 0 Å². The minimum atomic E-state index is -0.926. The third-order valence-corrected chi connectivity index (χ3v) is 4.57. The van der Waals surface area contributed by atoms with Crippen molar-refractivity contribution >= 4 is 11.7 Å². The Morgan fingerprint density at radius 1 is 1.43 bits per heavy atom. The Balaban J connectivity index is 1.65. The Morgan fingerprint density at radius 2 is 2.19 bits per heavy atom. The number of hydrogen-bond acceptors (Lipinski definition) is 3. The zero-order valence-corrected chi connectivity index (χ0v) is 12.4. The van der Waals surface area contributed by atoms with Crippen molar-refractivity contribution in [1.29, 1.82) is 0 Å². The van der Waals surface area contributed by atoms with E-state index in [9.17, 15) is 9.18 Å². The molecular formula is C15H23FN4O. The maximum absolute atomic E-state index is 13.1. The molecule has 2 aliphatic rings. The van der Waals surface area contributed by atoms with Gasteiger partial charge in [0.2, 0.25) is 5.91 Å². The first-order valence-electron chi connectivity index (χ1n) is 7.85. The number of nitrogens with zero attached hydrogens (tertiary/aromatic N) is 2. The molecular weight excluding hydrogens is 271 g/mol. The van der Waals surface area contributed by atoms with Gasteiger partial charge < -0.3 is 10.6 Å². The molecule has 1 aliphatic carbocycles. The Labute approximate surface area is 124 Å². The van der Waals surface area contributed by atoms with Gasteiger partial charge in [0.25, 0.3) is 0 Å².